The lowest BCUT2D eigenvalue weighted by Crippen LogP contribution is -2.46. The van der Waals surface area contributed by atoms with Crippen molar-refractivity contribution in [1.82, 2.24) is 10.2 Å². The normalized spacial score (nSPS) is 17.7. The van der Waals surface area contributed by atoms with Gasteiger partial charge in [0.05, 0.1) is 19.8 Å². The summed E-state index contributed by atoms with van der Waals surface area (Å²) in [5.74, 6) is 0.647. The largest absolute Gasteiger partial charge is 0.497 e. The van der Waals surface area contributed by atoms with Gasteiger partial charge in [-0.05, 0) is 29.3 Å². The van der Waals surface area contributed by atoms with Crippen LogP contribution in [-0.4, -0.2) is 50.3 Å². The highest BCUT2D eigenvalue weighted by molar-refractivity contribution is 5.91. The van der Waals surface area contributed by atoms with Gasteiger partial charge in [-0.1, -0.05) is 42.5 Å². The fourth-order valence-corrected chi connectivity index (χ4v) is 3.08. The van der Waals surface area contributed by atoms with Crippen LogP contribution in [0, 0.1) is 0 Å². The Hall–Kier alpha value is -2.63. The van der Waals surface area contributed by atoms with Crippen molar-refractivity contribution in [1.29, 1.82) is 0 Å². The number of carbonyl (C=O) groups is 1. The molecule has 1 atom stereocenters. The summed E-state index contributed by atoms with van der Waals surface area (Å²) in [5, 5.41) is 2.93. The van der Waals surface area contributed by atoms with Crippen molar-refractivity contribution in [2.75, 3.05) is 33.4 Å². The van der Waals surface area contributed by atoms with E-state index in [4.69, 9.17) is 9.47 Å². The molecule has 1 fully saturated rings. The summed E-state index contributed by atoms with van der Waals surface area (Å²) in [7, 11) is 1.63. The Morgan fingerprint density at radius 1 is 1.26 bits per heavy atom. The molecule has 2 aromatic rings. The number of rotatable bonds is 7. The molecule has 2 aromatic carbocycles. The summed E-state index contributed by atoms with van der Waals surface area (Å²) < 4.78 is 11.0. The fourth-order valence-electron chi connectivity index (χ4n) is 3.08. The first-order chi connectivity index (χ1) is 13.2. The van der Waals surface area contributed by atoms with Crippen LogP contribution in [0.15, 0.2) is 60.7 Å². The minimum Gasteiger partial charge on any atom is -0.497 e. The lowest BCUT2D eigenvalue weighted by atomic mass is 10.2. The number of nitrogens with zero attached hydrogens (tertiary/aromatic N) is 1. The molecule has 0 aliphatic carbocycles. The molecule has 0 bridgehead atoms. The van der Waals surface area contributed by atoms with E-state index < -0.39 is 0 Å². The van der Waals surface area contributed by atoms with E-state index in [1.54, 1.807) is 19.3 Å². The van der Waals surface area contributed by atoms with E-state index in [1.165, 1.54) is 5.56 Å². The maximum Gasteiger partial charge on any atom is 0.244 e. The van der Waals surface area contributed by atoms with Crippen LogP contribution in [0.4, 0.5) is 0 Å². The number of methoxy groups -OCH3 is 1. The predicted octanol–water partition coefficient (Wildman–Crippen LogP) is 2.73. The Balaban J connectivity index is 1.44. The number of hydrogen-bond acceptors (Lipinski definition) is 4. The van der Waals surface area contributed by atoms with Crippen molar-refractivity contribution in [3.05, 3.63) is 71.8 Å². The molecule has 0 radical (unpaired) electrons. The Morgan fingerprint density at radius 2 is 2.11 bits per heavy atom. The Bertz CT molecular complexity index is 761. The number of amides is 1. The van der Waals surface area contributed by atoms with Crippen LogP contribution >= 0.6 is 0 Å². The highest BCUT2D eigenvalue weighted by Crippen LogP contribution is 2.13. The third-order valence-corrected chi connectivity index (χ3v) is 4.50. The van der Waals surface area contributed by atoms with E-state index in [-0.39, 0.29) is 12.0 Å². The number of ether oxygens (including phenoxy) is 2. The zero-order valence-corrected chi connectivity index (χ0v) is 15.6. The molecule has 0 saturated carbocycles. The molecule has 1 saturated heterocycles. The van der Waals surface area contributed by atoms with E-state index in [9.17, 15) is 4.79 Å². The predicted molar refractivity (Wildman–Crippen MR) is 106 cm³/mol. The number of benzene rings is 2. The van der Waals surface area contributed by atoms with Crippen molar-refractivity contribution in [2.45, 2.75) is 12.6 Å². The third-order valence-electron chi connectivity index (χ3n) is 4.50. The lowest BCUT2D eigenvalue weighted by molar-refractivity contribution is -0.117. The summed E-state index contributed by atoms with van der Waals surface area (Å²) in [4.78, 5) is 14.5. The van der Waals surface area contributed by atoms with Crippen molar-refractivity contribution in [3.8, 4) is 5.75 Å². The first-order valence-corrected chi connectivity index (χ1v) is 9.21. The smallest absolute Gasteiger partial charge is 0.244 e. The third kappa shape index (κ3) is 6.24. The summed E-state index contributed by atoms with van der Waals surface area (Å²) in [6.45, 7) is 3.83. The van der Waals surface area contributed by atoms with Gasteiger partial charge in [0.25, 0.3) is 0 Å². The molecule has 0 aromatic heterocycles. The molecule has 5 heteroatoms. The van der Waals surface area contributed by atoms with Crippen LogP contribution < -0.4 is 10.1 Å². The molecule has 3 rings (SSSR count). The molecule has 1 amide bonds. The second-order valence-electron chi connectivity index (χ2n) is 6.57. The van der Waals surface area contributed by atoms with Crippen LogP contribution in [0.5, 0.6) is 5.75 Å². The van der Waals surface area contributed by atoms with Crippen LogP contribution in [0.1, 0.15) is 11.1 Å². The van der Waals surface area contributed by atoms with Gasteiger partial charge in [-0.25, -0.2) is 0 Å². The van der Waals surface area contributed by atoms with Gasteiger partial charge in [0.2, 0.25) is 5.91 Å². The maximum absolute atomic E-state index is 12.1. The van der Waals surface area contributed by atoms with Gasteiger partial charge in [-0.15, -0.1) is 0 Å². The van der Waals surface area contributed by atoms with E-state index >= 15 is 0 Å². The molecule has 1 heterocycles. The van der Waals surface area contributed by atoms with Gasteiger partial charge in [0, 0.05) is 32.3 Å². The van der Waals surface area contributed by atoms with Gasteiger partial charge < -0.3 is 14.8 Å². The van der Waals surface area contributed by atoms with Crippen molar-refractivity contribution < 1.29 is 14.3 Å². The molecular weight excluding hydrogens is 340 g/mol. The summed E-state index contributed by atoms with van der Waals surface area (Å²) in [6.07, 6.45) is 3.33. The molecule has 27 heavy (non-hydrogen) atoms. The van der Waals surface area contributed by atoms with Gasteiger partial charge in [0.1, 0.15) is 5.75 Å². The Morgan fingerprint density at radius 3 is 2.93 bits per heavy atom. The van der Waals surface area contributed by atoms with E-state index in [2.05, 4.69) is 34.5 Å². The van der Waals surface area contributed by atoms with Gasteiger partial charge in [-0.2, -0.15) is 0 Å². The molecular formula is C22H26N2O3. The average molecular weight is 366 g/mol. The van der Waals surface area contributed by atoms with Gasteiger partial charge in [0.15, 0.2) is 0 Å². The van der Waals surface area contributed by atoms with Crippen molar-refractivity contribution in [2.24, 2.45) is 0 Å². The molecule has 0 spiro atoms. The van der Waals surface area contributed by atoms with Crippen LogP contribution in [-0.2, 0) is 16.1 Å². The van der Waals surface area contributed by atoms with Gasteiger partial charge >= 0.3 is 0 Å². The number of morpholine rings is 1. The van der Waals surface area contributed by atoms with Crippen LogP contribution in [0.25, 0.3) is 6.08 Å². The van der Waals surface area contributed by atoms with Crippen LogP contribution in [0.2, 0.25) is 0 Å². The second-order valence-corrected chi connectivity index (χ2v) is 6.57. The lowest BCUT2D eigenvalue weighted by Gasteiger charge is -2.33. The first kappa shape index (κ1) is 19.1. The van der Waals surface area contributed by atoms with E-state index in [0.717, 1.165) is 30.9 Å². The molecule has 1 aliphatic rings. The number of nitrogens with one attached hydrogen (secondary N) is 1. The second kappa shape index (κ2) is 9.90. The van der Waals surface area contributed by atoms with E-state index in [1.807, 2.05) is 30.3 Å². The molecule has 5 nitrogen and oxygen atoms in total. The van der Waals surface area contributed by atoms with Gasteiger partial charge in [-0.3, -0.25) is 9.69 Å². The molecule has 1 N–H and O–H groups in total. The zero-order valence-electron chi connectivity index (χ0n) is 15.6. The Kier molecular flexibility index (Phi) is 7.02. The number of hydrogen-bond donors (Lipinski definition) is 1. The van der Waals surface area contributed by atoms with E-state index in [0.29, 0.717) is 13.2 Å². The molecule has 142 valence electrons. The minimum absolute atomic E-state index is 0.0108. The monoisotopic (exact) mass is 366 g/mol. The van der Waals surface area contributed by atoms with Crippen molar-refractivity contribution >= 4 is 12.0 Å². The Labute approximate surface area is 160 Å². The summed E-state index contributed by atoms with van der Waals surface area (Å²) >= 11 is 0. The topological polar surface area (TPSA) is 50.8 Å². The zero-order chi connectivity index (χ0) is 18.9. The summed E-state index contributed by atoms with van der Waals surface area (Å²) in [6, 6.07) is 18.0. The number of carbonyl (C=O) groups excluding carboxylic acids is 1. The molecule has 1 aliphatic heterocycles. The molecule has 1 unspecified atom stereocenters. The summed E-state index contributed by atoms with van der Waals surface area (Å²) in [5.41, 5.74) is 2.22. The van der Waals surface area contributed by atoms with Crippen molar-refractivity contribution in [3.63, 3.8) is 0 Å². The highest BCUT2D eigenvalue weighted by Gasteiger charge is 2.20. The fraction of sp³-hybridized carbons (Fsp3) is 0.318. The standard InChI is InChI=1S/C22H26N2O3/c1-26-20-9-5-8-18(14-20)10-11-22(25)23-15-21-17-24(12-13-27-21)16-19-6-3-2-4-7-19/h2-11,14,21H,12-13,15-17H2,1H3,(H,23,25)/b11-10+. The first-order valence-electron chi connectivity index (χ1n) is 9.21. The highest BCUT2D eigenvalue weighted by atomic mass is 16.5. The van der Waals surface area contributed by atoms with Crippen LogP contribution in [0.3, 0.4) is 0 Å². The quantitative estimate of drug-likeness (QED) is 0.766. The maximum atomic E-state index is 12.1. The SMILES string of the molecule is COc1cccc(/C=C/C(=O)NCC2CN(Cc3ccccc3)CCO2)c1. The minimum atomic E-state index is -0.124. The average Bonchev–Trinajstić information content (AvgIpc) is 2.72.